The second kappa shape index (κ2) is 8.06. The molecule has 0 aliphatic carbocycles. The number of piperazine rings is 1. The number of hydrogen-bond donors (Lipinski definition) is 2. The fourth-order valence-electron chi connectivity index (χ4n) is 3.73. The number of fused-ring (bicyclic) bond motifs is 1. The molecule has 2 aromatic carbocycles. The van der Waals surface area contributed by atoms with Crippen molar-refractivity contribution in [2.45, 2.75) is 19.5 Å². The third kappa shape index (κ3) is 4.17. The van der Waals surface area contributed by atoms with Crippen molar-refractivity contribution in [1.82, 2.24) is 10.2 Å². The molecule has 1 fully saturated rings. The lowest BCUT2D eigenvalue weighted by atomic mass is 10.1. The van der Waals surface area contributed by atoms with Crippen LogP contribution in [0.15, 0.2) is 48.5 Å². The van der Waals surface area contributed by atoms with Gasteiger partial charge in [-0.05, 0) is 41.5 Å². The third-order valence-electron chi connectivity index (χ3n) is 5.25. The molecule has 2 aliphatic heterocycles. The standard InChI is InChI=1S/C21H25N3OS/c26-21(22-15-17-4-2-1-3-5-17)24-11-9-23(10-12-24)16-18-6-7-20-19(14-18)8-13-25-20/h1-7,14H,8-13,15-16H2,(H,22,26)/p+1. The third-order valence-corrected chi connectivity index (χ3v) is 5.65. The molecule has 4 rings (SSSR count). The van der Waals surface area contributed by atoms with E-state index in [0.717, 1.165) is 63.2 Å². The predicted molar refractivity (Wildman–Crippen MR) is 107 cm³/mol. The van der Waals surface area contributed by atoms with Crippen LogP contribution in [0, 0.1) is 0 Å². The van der Waals surface area contributed by atoms with E-state index in [0.29, 0.717) is 0 Å². The van der Waals surface area contributed by atoms with Gasteiger partial charge in [-0.25, -0.2) is 0 Å². The molecule has 136 valence electrons. The summed E-state index contributed by atoms with van der Waals surface area (Å²) in [5.41, 5.74) is 4.05. The molecular formula is C21H26N3OS+. The highest BCUT2D eigenvalue weighted by Crippen LogP contribution is 2.25. The van der Waals surface area contributed by atoms with Crippen LogP contribution in [0.25, 0.3) is 0 Å². The number of quaternary nitrogens is 1. The van der Waals surface area contributed by atoms with Crippen molar-refractivity contribution < 1.29 is 9.64 Å². The molecule has 2 N–H and O–H groups in total. The average molecular weight is 369 g/mol. The van der Waals surface area contributed by atoms with Crippen molar-refractivity contribution in [1.29, 1.82) is 0 Å². The van der Waals surface area contributed by atoms with Crippen molar-refractivity contribution in [3.05, 3.63) is 65.2 Å². The van der Waals surface area contributed by atoms with Gasteiger partial charge in [-0.3, -0.25) is 0 Å². The molecular weight excluding hydrogens is 342 g/mol. The Morgan fingerprint density at radius 3 is 2.69 bits per heavy atom. The minimum Gasteiger partial charge on any atom is -0.493 e. The summed E-state index contributed by atoms with van der Waals surface area (Å²) in [6.07, 6.45) is 1.05. The van der Waals surface area contributed by atoms with Crippen molar-refractivity contribution in [2.75, 3.05) is 32.8 Å². The first kappa shape index (κ1) is 17.3. The van der Waals surface area contributed by atoms with Gasteiger partial charge in [-0.1, -0.05) is 30.3 Å². The summed E-state index contributed by atoms with van der Waals surface area (Å²) in [4.78, 5) is 3.93. The van der Waals surface area contributed by atoms with Gasteiger partial charge in [-0.15, -0.1) is 0 Å². The van der Waals surface area contributed by atoms with Crippen LogP contribution in [0.3, 0.4) is 0 Å². The van der Waals surface area contributed by atoms with E-state index in [1.165, 1.54) is 16.7 Å². The van der Waals surface area contributed by atoms with Gasteiger partial charge in [0.25, 0.3) is 0 Å². The second-order valence-electron chi connectivity index (χ2n) is 7.10. The zero-order valence-corrected chi connectivity index (χ0v) is 15.9. The van der Waals surface area contributed by atoms with E-state index in [9.17, 15) is 0 Å². The van der Waals surface area contributed by atoms with Gasteiger partial charge in [0.05, 0.1) is 32.8 Å². The van der Waals surface area contributed by atoms with Crippen LogP contribution in [0.1, 0.15) is 16.7 Å². The number of ether oxygens (including phenoxy) is 1. The lowest BCUT2D eigenvalue weighted by Crippen LogP contribution is -3.13. The van der Waals surface area contributed by atoms with Gasteiger partial charge in [0.1, 0.15) is 12.3 Å². The van der Waals surface area contributed by atoms with Gasteiger partial charge in [0, 0.05) is 18.5 Å². The largest absolute Gasteiger partial charge is 0.493 e. The van der Waals surface area contributed by atoms with E-state index >= 15 is 0 Å². The molecule has 0 atom stereocenters. The first-order valence-corrected chi connectivity index (χ1v) is 9.83. The van der Waals surface area contributed by atoms with E-state index in [1.807, 2.05) is 6.07 Å². The highest BCUT2D eigenvalue weighted by atomic mass is 32.1. The molecule has 2 heterocycles. The van der Waals surface area contributed by atoms with Crippen LogP contribution in [-0.4, -0.2) is 42.8 Å². The van der Waals surface area contributed by atoms with Crippen molar-refractivity contribution >= 4 is 17.3 Å². The average Bonchev–Trinajstić information content (AvgIpc) is 3.15. The number of thiocarbonyl (C=S) groups is 1. The Morgan fingerprint density at radius 1 is 1.08 bits per heavy atom. The Bertz CT molecular complexity index is 757. The zero-order chi connectivity index (χ0) is 17.8. The maximum Gasteiger partial charge on any atom is 0.169 e. The quantitative estimate of drug-likeness (QED) is 0.799. The Labute approximate surface area is 160 Å². The van der Waals surface area contributed by atoms with Gasteiger partial charge in [0.2, 0.25) is 0 Å². The molecule has 2 aliphatic rings. The first-order valence-electron chi connectivity index (χ1n) is 9.43. The normalized spacial score (nSPS) is 16.8. The van der Waals surface area contributed by atoms with Crippen molar-refractivity contribution in [3.63, 3.8) is 0 Å². The molecule has 0 unspecified atom stereocenters. The molecule has 1 saturated heterocycles. The predicted octanol–water partition coefficient (Wildman–Crippen LogP) is 1.40. The van der Waals surface area contributed by atoms with Gasteiger partial charge in [0.15, 0.2) is 5.11 Å². The Kier molecular flexibility index (Phi) is 5.37. The van der Waals surface area contributed by atoms with E-state index in [2.05, 4.69) is 52.7 Å². The zero-order valence-electron chi connectivity index (χ0n) is 15.0. The first-order chi connectivity index (χ1) is 12.8. The summed E-state index contributed by atoms with van der Waals surface area (Å²) >= 11 is 5.59. The minimum atomic E-state index is 0.796. The van der Waals surface area contributed by atoms with Crippen LogP contribution in [-0.2, 0) is 19.5 Å². The lowest BCUT2D eigenvalue weighted by Gasteiger charge is -2.34. The van der Waals surface area contributed by atoms with E-state index in [4.69, 9.17) is 17.0 Å². The van der Waals surface area contributed by atoms with Crippen molar-refractivity contribution in [3.8, 4) is 5.75 Å². The van der Waals surface area contributed by atoms with E-state index in [-0.39, 0.29) is 0 Å². The Morgan fingerprint density at radius 2 is 1.88 bits per heavy atom. The lowest BCUT2D eigenvalue weighted by molar-refractivity contribution is -0.917. The fourth-order valence-corrected chi connectivity index (χ4v) is 3.98. The van der Waals surface area contributed by atoms with Gasteiger partial charge in [-0.2, -0.15) is 0 Å². The SMILES string of the molecule is S=C(NCc1ccccc1)N1CC[NH+](Cc2ccc3c(c2)CCO3)CC1. The molecule has 2 aromatic rings. The number of rotatable bonds is 4. The smallest absolute Gasteiger partial charge is 0.169 e. The maximum absolute atomic E-state index is 5.60. The van der Waals surface area contributed by atoms with E-state index in [1.54, 1.807) is 4.90 Å². The molecule has 0 aromatic heterocycles. The van der Waals surface area contributed by atoms with Gasteiger partial charge < -0.3 is 19.9 Å². The van der Waals surface area contributed by atoms with Crippen LogP contribution >= 0.6 is 12.2 Å². The van der Waals surface area contributed by atoms with Gasteiger partial charge >= 0.3 is 0 Å². The molecule has 4 nitrogen and oxygen atoms in total. The summed E-state index contributed by atoms with van der Waals surface area (Å²) in [5.74, 6) is 1.07. The second-order valence-corrected chi connectivity index (χ2v) is 7.49. The monoisotopic (exact) mass is 368 g/mol. The van der Waals surface area contributed by atoms with E-state index < -0.39 is 0 Å². The highest BCUT2D eigenvalue weighted by Gasteiger charge is 2.22. The summed E-state index contributed by atoms with van der Waals surface area (Å²) in [6, 6.07) is 17.1. The molecule has 0 bridgehead atoms. The molecule has 0 saturated carbocycles. The van der Waals surface area contributed by atoms with Crippen LogP contribution in [0.2, 0.25) is 0 Å². The summed E-state index contributed by atoms with van der Waals surface area (Å²) in [6.45, 7) is 7.00. The topological polar surface area (TPSA) is 28.9 Å². The number of hydrogen-bond acceptors (Lipinski definition) is 2. The molecule has 0 amide bonds. The Balaban J connectivity index is 1.24. The molecule has 0 spiro atoms. The summed E-state index contributed by atoms with van der Waals surface area (Å²) in [5, 5.41) is 4.27. The summed E-state index contributed by atoms with van der Waals surface area (Å²) in [7, 11) is 0. The number of nitrogens with one attached hydrogen (secondary N) is 2. The van der Waals surface area contributed by atoms with Crippen molar-refractivity contribution in [2.24, 2.45) is 0 Å². The van der Waals surface area contributed by atoms with Crippen LogP contribution in [0.4, 0.5) is 0 Å². The molecule has 26 heavy (non-hydrogen) atoms. The minimum absolute atomic E-state index is 0.796. The van der Waals surface area contributed by atoms with Crippen LogP contribution < -0.4 is 15.0 Å². The number of nitrogens with zero attached hydrogens (tertiary/aromatic N) is 1. The maximum atomic E-state index is 5.60. The summed E-state index contributed by atoms with van der Waals surface area (Å²) < 4.78 is 5.60. The highest BCUT2D eigenvalue weighted by molar-refractivity contribution is 7.80. The number of benzene rings is 2. The fraction of sp³-hybridized carbons (Fsp3) is 0.381. The Hall–Kier alpha value is -2.11. The molecule has 5 heteroatoms. The molecule has 0 radical (unpaired) electrons. The van der Waals surface area contributed by atoms with Crippen LogP contribution in [0.5, 0.6) is 5.75 Å².